The molecule has 0 aromatic heterocycles. The number of ether oxygens (including phenoxy) is 2. The molecule has 0 unspecified atom stereocenters. The van der Waals surface area contributed by atoms with Crippen LogP contribution in [0.2, 0.25) is 5.02 Å². The van der Waals surface area contributed by atoms with Crippen molar-refractivity contribution in [1.82, 2.24) is 0 Å². The van der Waals surface area contributed by atoms with Gasteiger partial charge >= 0.3 is 0 Å². The lowest BCUT2D eigenvalue weighted by Crippen LogP contribution is -2.15. The minimum Gasteiger partial charge on any atom is -0.493 e. The highest BCUT2D eigenvalue weighted by Gasteiger charge is 2.21. The zero-order chi connectivity index (χ0) is 17.2. The number of methoxy groups -OCH3 is 2. The lowest BCUT2D eigenvalue weighted by atomic mass is 10.2. The van der Waals surface area contributed by atoms with Gasteiger partial charge in [0.2, 0.25) is 0 Å². The number of aryl methyl sites for hydroxylation is 1. The van der Waals surface area contributed by atoms with E-state index < -0.39 is 15.8 Å². The summed E-state index contributed by atoms with van der Waals surface area (Å²) in [5, 5.41) is -0.0355. The number of benzene rings is 2. The van der Waals surface area contributed by atoms with Gasteiger partial charge in [-0.25, -0.2) is 12.8 Å². The van der Waals surface area contributed by atoms with Crippen molar-refractivity contribution in [2.45, 2.75) is 11.8 Å². The van der Waals surface area contributed by atoms with E-state index in [4.69, 9.17) is 21.1 Å². The highest BCUT2D eigenvalue weighted by molar-refractivity contribution is 7.92. The number of sulfonamides is 1. The van der Waals surface area contributed by atoms with Crippen molar-refractivity contribution >= 4 is 27.3 Å². The Hall–Kier alpha value is -1.99. The molecule has 0 aliphatic rings. The molecule has 0 bridgehead atoms. The first-order valence-electron chi connectivity index (χ1n) is 6.49. The Kier molecular flexibility index (Phi) is 5.01. The highest BCUT2D eigenvalue weighted by atomic mass is 35.5. The van der Waals surface area contributed by atoms with Gasteiger partial charge in [-0.2, -0.15) is 0 Å². The molecule has 0 saturated carbocycles. The van der Waals surface area contributed by atoms with Crippen LogP contribution in [0.4, 0.5) is 10.1 Å². The quantitative estimate of drug-likeness (QED) is 0.885. The fourth-order valence-electron chi connectivity index (χ4n) is 2.02. The van der Waals surface area contributed by atoms with Crippen LogP contribution < -0.4 is 14.2 Å². The smallest absolute Gasteiger partial charge is 0.262 e. The summed E-state index contributed by atoms with van der Waals surface area (Å²) in [6.07, 6.45) is 0. The van der Waals surface area contributed by atoms with E-state index in [-0.39, 0.29) is 21.4 Å². The monoisotopic (exact) mass is 359 g/mol. The van der Waals surface area contributed by atoms with Gasteiger partial charge in [0.05, 0.1) is 29.8 Å². The second-order valence-corrected chi connectivity index (χ2v) is 6.76. The standard InChI is InChI=1S/C15H15ClFNO4S/c1-9-6-13(21-2)14(22-3)8-15(9)23(19,20)18-12-5-4-10(17)7-11(12)16/h4-8,18H,1-3H3. The molecule has 2 aromatic carbocycles. The molecule has 0 heterocycles. The number of halogens is 2. The summed E-state index contributed by atoms with van der Waals surface area (Å²) in [6.45, 7) is 1.63. The number of anilines is 1. The molecule has 2 aromatic rings. The van der Waals surface area contributed by atoms with E-state index in [1.54, 1.807) is 13.0 Å². The molecule has 0 radical (unpaired) electrons. The van der Waals surface area contributed by atoms with Gasteiger partial charge in [-0.15, -0.1) is 0 Å². The summed E-state index contributed by atoms with van der Waals surface area (Å²) in [5.74, 6) is 0.146. The van der Waals surface area contributed by atoms with Crippen molar-refractivity contribution in [3.63, 3.8) is 0 Å². The van der Waals surface area contributed by atoms with Crippen molar-refractivity contribution in [3.05, 3.63) is 46.7 Å². The molecular weight excluding hydrogens is 345 g/mol. The maximum Gasteiger partial charge on any atom is 0.262 e. The third-order valence-corrected chi connectivity index (χ3v) is 4.97. The molecule has 0 atom stereocenters. The molecule has 0 aliphatic heterocycles. The maximum atomic E-state index is 13.1. The van der Waals surface area contributed by atoms with Gasteiger partial charge in [-0.05, 0) is 36.8 Å². The first-order chi connectivity index (χ1) is 10.8. The summed E-state index contributed by atoms with van der Waals surface area (Å²) in [6, 6.07) is 6.31. The van der Waals surface area contributed by atoms with Crippen molar-refractivity contribution in [2.24, 2.45) is 0 Å². The summed E-state index contributed by atoms with van der Waals surface area (Å²) in [7, 11) is -1.06. The average molecular weight is 360 g/mol. The first kappa shape index (κ1) is 17.4. The van der Waals surface area contributed by atoms with Crippen molar-refractivity contribution in [3.8, 4) is 11.5 Å². The van der Waals surface area contributed by atoms with Gasteiger partial charge in [0.15, 0.2) is 11.5 Å². The van der Waals surface area contributed by atoms with E-state index in [9.17, 15) is 12.8 Å². The SMILES string of the molecule is COc1cc(C)c(S(=O)(=O)Nc2ccc(F)cc2Cl)cc1OC. The number of rotatable bonds is 5. The predicted molar refractivity (Wildman–Crippen MR) is 86.5 cm³/mol. The Morgan fingerprint density at radius 2 is 1.70 bits per heavy atom. The average Bonchev–Trinajstić information content (AvgIpc) is 2.49. The topological polar surface area (TPSA) is 64.6 Å². The van der Waals surface area contributed by atoms with E-state index in [0.29, 0.717) is 11.3 Å². The number of nitrogens with one attached hydrogen (secondary N) is 1. The van der Waals surface area contributed by atoms with Crippen LogP contribution in [0.3, 0.4) is 0 Å². The molecule has 2 rings (SSSR count). The Balaban J connectivity index is 2.47. The number of hydrogen-bond acceptors (Lipinski definition) is 4. The Labute approximate surface area is 139 Å². The van der Waals surface area contributed by atoms with E-state index in [2.05, 4.69) is 4.72 Å². The van der Waals surface area contributed by atoms with Crippen molar-refractivity contribution in [2.75, 3.05) is 18.9 Å². The second-order valence-electron chi connectivity index (χ2n) is 4.70. The van der Waals surface area contributed by atoms with Crippen LogP contribution in [-0.4, -0.2) is 22.6 Å². The largest absolute Gasteiger partial charge is 0.493 e. The minimum absolute atomic E-state index is 0.00976. The predicted octanol–water partition coefficient (Wildman–Crippen LogP) is 3.61. The van der Waals surface area contributed by atoms with E-state index in [1.165, 1.54) is 26.4 Å². The molecule has 0 saturated heterocycles. The van der Waals surface area contributed by atoms with Gasteiger partial charge < -0.3 is 9.47 Å². The lowest BCUT2D eigenvalue weighted by Gasteiger charge is -2.15. The normalized spacial score (nSPS) is 11.2. The fourth-order valence-corrected chi connectivity index (χ4v) is 3.62. The third kappa shape index (κ3) is 3.68. The van der Waals surface area contributed by atoms with Gasteiger partial charge in [0, 0.05) is 6.07 Å². The molecule has 5 nitrogen and oxygen atoms in total. The molecule has 0 spiro atoms. The van der Waals surface area contributed by atoms with Crippen molar-refractivity contribution in [1.29, 1.82) is 0 Å². The molecule has 23 heavy (non-hydrogen) atoms. The highest BCUT2D eigenvalue weighted by Crippen LogP contribution is 2.34. The fraction of sp³-hybridized carbons (Fsp3) is 0.200. The summed E-state index contributed by atoms with van der Waals surface area (Å²) in [5.41, 5.74) is 0.552. The zero-order valence-electron chi connectivity index (χ0n) is 12.7. The second kappa shape index (κ2) is 6.64. The van der Waals surface area contributed by atoms with Crippen LogP contribution in [-0.2, 0) is 10.0 Å². The van der Waals surface area contributed by atoms with Crippen molar-refractivity contribution < 1.29 is 22.3 Å². The van der Waals surface area contributed by atoms with E-state index in [1.807, 2.05) is 0 Å². The van der Waals surface area contributed by atoms with Gasteiger partial charge in [0.25, 0.3) is 10.0 Å². The molecule has 124 valence electrons. The summed E-state index contributed by atoms with van der Waals surface area (Å²) in [4.78, 5) is 0.00976. The van der Waals surface area contributed by atoms with E-state index in [0.717, 1.165) is 12.1 Å². The Morgan fingerprint density at radius 1 is 1.09 bits per heavy atom. The molecule has 0 aliphatic carbocycles. The Morgan fingerprint density at radius 3 is 2.26 bits per heavy atom. The van der Waals surface area contributed by atoms with Gasteiger partial charge in [0.1, 0.15) is 5.82 Å². The van der Waals surface area contributed by atoms with Crippen LogP contribution in [0.1, 0.15) is 5.56 Å². The van der Waals surface area contributed by atoms with Crippen LogP contribution >= 0.6 is 11.6 Å². The van der Waals surface area contributed by atoms with E-state index >= 15 is 0 Å². The molecule has 0 amide bonds. The third-order valence-electron chi connectivity index (χ3n) is 3.15. The molecule has 1 N–H and O–H groups in total. The molecule has 0 fully saturated rings. The number of hydrogen-bond donors (Lipinski definition) is 1. The maximum absolute atomic E-state index is 13.1. The van der Waals surface area contributed by atoms with Crippen LogP contribution in [0.5, 0.6) is 11.5 Å². The summed E-state index contributed by atoms with van der Waals surface area (Å²) < 4.78 is 50.8. The lowest BCUT2D eigenvalue weighted by molar-refractivity contribution is 0.353. The molecule has 8 heteroatoms. The molecular formula is C15H15ClFNO4S. The Bertz CT molecular complexity index is 840. The van der Waals surface area contributed by atoms with Gasteiger partial charge in [-0.3, -0.25) is 4.72 Å². The first-order valence-corrected chi connectivity index (χ1v) is 8.35. The van der Waals surface area contributed by atoms with Crippen LogP contribution in [0.25, 0.3) is 0 Å². The zero-order valence-corrected chi connectivity index (χ0v) is 14.3. The summed E-state index contributed by atoms with van der Waals surface area (Å²) >= 11 is 5.86. The van der Waals surface area contributed by atoms with Gasteiger partial charge in [-0.1, -0.05) is 11.6 Å². The van der Waals surface area contributed by atoms with Crippen LogP contribution in [0, 0.1) is 12.7 Å². The minimum atomic E-state index is -3.93. The van der Waals surface area contributed by atoms with Crippen LogP contribution in [0.15, 0.2) is 35.2 Å².